The van der Waals surface area contributed by atoms with Gasteiger partial charge in [-0.25, -0.2) is 4.21 Å². The van der Waals surface area contributed by atoms with Gasteiger partial charge in [-0.3, -0.25) is 23.8 Å². The summed E-state index contributed by atoms with van der Waals surface area (Å²) in [6, 6.07) is 8.87. The van der Waals surface area contributed by atoms with E-state index >= 15 is 0 Å². The Hall–Kier alpha value is -2.48. The molecule has 10 heteroatoms. The lowest BCUT2D eigenvalue weighted by molar-refractivity contribution is -0.142. The highest BCUT2D eigenvalue weighted by Gasteiger charge is 2.51. The maximum absolute atomic E-state index is 13.2. The van der Waals surface area contributed by atoms with Crippen molar-refractivity contribution in [2.75, 3.05) is 24.4 Å². The first-order chi connectivity index (χ1) is 15.3. The zero-order valence-electron chi connectivity index (χ0n) is 18.3. The van der Waals surface area contributed by atoms with Crippen LogP contribution in [0, 0.1) is 17.2 Å². The van der Waals surface area contributed by atoms with E-state index in [9.17, 15) is 19.1 Å². The van der Waals surface area contributed by atoms with Crippen molar-refractivity contribution in [2.45, 2.75) is 57.3 Å². The largest absolute Gasteiger partial charge is 0.330 e. The molecule has 9 nitrogen and oxygen atoms in total. The normalized spacial score (nSPS) is 27.9. The van der Waals surface area contributed by atoms with Gasteiger partial charge >= 0.3 is 0 Å². The summed E-state index contributed by atoms with van der Waals surface area (Å²) >= 11 is -2.12. The van der Waals surface area contributed by atoms with Crippen LogP contribution in [0.25, 0.3) is 0 Å². The third-order valence-corrected chi connectivity index (χ3v) is 7.35. The molecular formula is C22H29N5O4S. The zero-order valence-corrected chi connectivity index (χ0v) is 19.1. The Morgan fingerprint density at radius 3 is 2.69 bits per heavy atom. The molecule has 4 rings (SSSR count). The van der Waals surface area contributed by atoms with Gasteiger partial charge in [0.05, 0.1) is 18.2 Å². The number of hydrogen-bond acceptors (Lipinski definition) is 5. The smallest absolute Gasteiger partial charge is 0.259 e. The Morgan fingerprint density at radius 1 is 1.34 bits per heavy atom. The summed E-state index contributed by atoms with van der Waals surface area (Å²) in [5.41, 5.74) is 1.50. The first-order valence-corrected chi connectivity index (χ1v) is 12.1. The van der Waals surface area contributed by atoms with Crippen LogP contribution >= 0.6 is 0 Å². The quantitative estimate of drug-likeness (QED) is 0.600. The number of fused-ring (bicyclic) bond motifs is 2. The summed E-state index contributed by atoms with van der Waals surface area (Å²) < 4.78 is 22.3. The molecule has 0 radical (unpaired) electrons. The molecule has 3 fully saturated rings. The molecule has 2 bridgehead atoms. The Balaban J connectivity index is 1.37. The number of likely N-dealkylation sites (tertiary alicyclic amines) is 3. The second-order valence-electron chi connectivity index (χ2n) is 8.97. The highest BCUT2D eigenvalue weighted by atomic mass is 32.2. The molecule has 3 aliphatic heterocycles. The molecule has 0 spiro atoms. The van der Waals surface area contributed by atoms with Gasteiger partial charge in [-0.15, -0.1) is 0 Å². The molecular weight excluding hydrogens is 430 g/mol. The van der Waals surface area contributed by atoms with Crippen molar-refractivity contribution in [3.05, 3.63) is 29.8 Å². The highest BCUT2D eigenvalue weighted by Crippen LogP contribution is 2.38. The minimum absolute atomic E-state index is 0.00649. The van der Waals surface area contributed by atoms with Crippen LogP contribution in [0.5, 0.6) is 0 Å². The number of carbonyl (C=O) groups excluding carboxylic acids is 2. The molecule has 0 aliphatic carbocycles. The molecule has 0 saturated carbocycles. The topological polar surface area (TPSA) is 117 Å². The van der Waals surface area contributed by atoms with E-state index in [-0.39, 0.29) is 41.9 Å². The Bertz CT molecular complexity index is 949. The fourth-order valence-electron chi connectivity index (χ4n) is 5.37. The first kappa shape index (κ1) is 22.7. The van der Waals surface area contributed by atoms with Crippen LogP contribution in [0.3, 0.4) is 0 Å². The zero-order chi connectivity index (χ0) is 23.0. The summed E-state index contributed by atoms with van der Waals surface area (Å²) in [5.74, 6) is -0.158. The standard InChI is InChI=1S/C22H29N5O4S/c1-14(21(28)26-9-3-4-18(26)11-23)12-25-13-19-10-20(25)22(29)27(19)15(2)16-5-7-17(8-6-16)24-32(30)31/h5-8,14-15,18-20,24H,3-4,9-10,12-13H2,1-2H3,(H,30,31)/t14-,15+,18-,19-,20-/m0/s1. The molecule has 1 unspecified atom stereocenters. The van der Waals surface area contributed by atoms with E-state index in [0.29, 0.717) is 18.8 Å². The van der Waals surface area contributed by atoms with Crippen molar-refractivity contribution in [2.24, 2.45) is 5.92 Å². The molecule has 2 N–H and O–H groups in total. The van der Waals surface area contributed by atoms with E-state index in [4.69, 9.17) is 4.55 Å². The van der Waals surface area contributed by atoms with E-state index in [1.807, 2.05) is 30.9 Å². The van der Waals surface area contributed by atoms with Gasteiger partial charge in [-0.05, 0) is 43.9 Å². The summed E-state index contributed by atoms with van der Waals surface area (Å²) in [5, 5.41) is 9.27. The predicted octanol–water partition coefficient (Wildman–Crippen LogP) is 1.73. The molecule has 3 saturated heterocycles. The molecule has 32 heavy (non-hydrogen) atoms. The number of carbonyl (C=O) groups is 2. The van der Waals surface area contributed by atoms with E-state index in [2.05, 4.69) is 15.7 Å². The lowest BCUT2D eigenvalue weighted by Gasteiger charge is -2.38. The van der Waals surface area contributed by atoms with Crippen molar-refractivity contribution in [1.29, 1.82) is 5.26 Å². The monoisotopic (exact) mass is 459 g/mol. The number of hydrogen-bond donors (Lipinski definition) is 2. The molecule has 1 aromatic rings. The molecule has 0 aromatic heterocycles. The highest BCUT2D eigenvalue weighted by molar-refractivity contribution is 7.80. The van der Waals surface area contributed by atoms with Crippen LogP contribution in [0.1, 0.15) is 44.7 Å². The molecule has 172 valence electrons. The Kier molecular flexibility index (Phi) is 6.51. The first-order valence-electron chi connectivity index (χ1n) is 11.0. The van der Waals surface area contributed by atoms with Gasteiger partial charge in [0.15, 0.2) is 0 Å². The maximum Gasteiger partial charge on any atom is 0.259 e. The van der Waals surface area contributed by atoms with Crippen molar-refractivity contribution in [3.8, 4) is 6.07 Å². The van der Waals surface area contributed by atoms with E-state index in [0.717, 1.165) is 31.4 Å². The van der Waals surface area contributed by atoms with E-state index < -0.39 is 11.3 Å². The van der Waals surface area contributed by atoms with Gasteiger partial charge < -0.3 is 9.80 Å². The molecule has 3 aliphatic rings. The fraction of sp³-hybridized carbons (Fsp3) is 0.591. The van der Waals surface area contributed by atoms with Crippen molar-refractivity contribution >= 4 is 28.8 Å². The van der Waals surface area contributed by atoms with Crippen molar-refractivity contribution in [3.63, 3.8) is 0 Å². The Morgan fingerprint density at radius 2 is 2.06 bits per heavy atom. The van der Waals surface area contributed by atoms with E-state index in [1.165, 1.54) is 0 Å². The number of piperazine rings is 1. The summed E-state index contributed by atoms with van der Waals surface area (Å²) in [6.07, 6.45) is 2.37. The van der Waals surface area contributed by atoms with Crippen molar-refractivity contribution < 1.29 is 18.4 Å². The number of rotatable bonds is 7. The van der Waals surface area contributed by atoms with Crippen LogP contribution in [0.2, 0.25) is 0 Å². The number of nitrogens with one attached hydrogen (secondary N) is 1. The second-order valence-corrected chi connectivity index (χ2v) is 9.68. The number of amides is 2. The van der Waals surface area contributed by atoms with Gasteiger partial charge in [0.25, 0.3) is 11.3 Å². The van der Waals surface area contributed by atoms with Gasteiger partial charge in [0, 0.05) is 37.3 Å². The fourth-order valence-corrected chi connectivity index (χ4v) is 5.71. The van der Waals surface area contributed by atoms with Gasteiger partial charge in [-0.2, -0.15) is 5.26 Å². The summed E-state index contributed by atoms with van der Waals surface area (Å²) in [7, 11) is 0. The van der Waals surface area contributed by atoms with Crippen LogP contribution < -0.4 is 4.72 Å². The average molecular weight is 460 g/mol. The van der Waals surface area contributed by atoms with E-state index in [1.54, 1.807) is 17.0 Å². The van der Waals surface area contributed by atoms with Gasteiger partial charge in [0.1, 0.15) is 6.04 Å². The van der Waals surface area contributed by atoms with Gasteiger partial charge in [-0.1, -0.05) is 19.1 Å². The Labute approximate surface area is 190 Å². The molecule has 1 aromatic carbocycles. The number of nitriles is 1. The van der Waals surface area contributed by atoms with Crippen LogP contribution in [0.15, 0.2) is 24.3 Å². The SMILES string of the molecule is C[C@H](c1ccc(NS(=O)O)cc1)N1C(=O)[C@@H]2C[C@H]1CN2C[C@H](C)C(=O)N1CCC[C@H]1C#N. The minimum Gasteiger partial charge on any atom is -0.330 e. The average Bonchev–Trinajstić information content (AvgIpc) is 3.47. The number of nitrogens with zero attached hydrogens (tertiary/aromatic N) is 4. The summed E-state index contributed by atoms with van der Waals surface area (Å²) in [6.45, 7) is 5.79. The van der Waals surface area contributed by atoms with Crippen molar-refractivity contribution in [1.82, 2.24) is 14.7 Å². The third kappa shape index (κ3) is 4.25. The molecule has 6 atom stereocenters. The number of benzene rings is 1. The molecule has 3 heterocycles. The number of anilines is 1. The minimum atomic E-state index is -2.12. The molecule has 2 amide bonds. The van der Waals surface area contributed by atoms with Crippen LogP contribution in [-0.4, -0.2) is 73.0 Å². The lowest BCUT2D eigenvalue weighted by Crippen LogP contribution is -2.53. The van der Waals surface area contributed by atoms with Crippen LogP contribution in [-0.2, 0) is 20.9 Å². The third-order valence-electron chi connectivity index (χ3n) is 6.94. The van der Waals surface area contributed by atoms with Gasteiger partial charge in [0.2, 0.25) is 11.8 Å². The predicted molar refractivity (Wildman–Crippen MR) is 119 cm³/mol. The summed E-state index contributed by atoms with van der Waals surface area (Å²) in [4.78, 5) is 31.8. The maximum atomic E-state index is 13.2. The second kappa shape index (κ2) is 9.17. The lowest BCUT2D eigenvalue weighted by atomic mass is 10.0. The van der Waals surface area contributed by atoms with Crippen LogP contribution in [0.4, 0.5) is 5.69 Å².